The van der Waals surface area contributed by atoms with Crippen molar-refractivity contribution in [2.45, 2.75) is 18.8 Å². The van der Waals surface area contributed by atoms with Crippen molar-refractivity contribution in [3.63, 3.8) is 0 Å². The molecule has 1 aromatic carbocycles. The molecule has 0 bridgehead atoms. The fraction of sp³-hybridized carbons (Fsp3) is 0.300. The molecule has 2 N–H and O–H groups in total. The average Bonchev–Trinajstić information content (AvgIpc) is 2.05. The summed E-state index contributed by atoms with van der Waals surface area (Å²) in [4.78, 5) is 0. The highest BCUT2D eigenvalue weighted by molar-refractivity contribution is 5.95. The fourth-order valence-corrected chi connectivity index (χ4v) is 1.62. The van der Waals surface area contributed by atoms with Crippen molar-refractivity contribution in [1.29, 1.82) is 0 Å². The summed E-state index contributed by atoms with van der Waals surface area (Å²) in [7, 11) is 0. The van der Waals surface area contributed by atoms with E-state index in [1.807, 2.05) is 6.07 Å². The van der Waals surface area contributed by atoms with Gasteiger partial charge in [-0.3, -0.25) is 0 Å². The van der Waals surface area contributed by atoms with Gasteiger partial charge in [-0.25, -0.2) is 0 Å². The molecule has 0 heterocycles. The van der Waals surface area contributed by atoms with Crippen LogP contribution in [0.25, 0.3) is 0 Å². The zero-order valence-corrected chi connectivity index (χ0v) is 6.90. The smallest absolute Gasteiger partial charge is 0.0451 e. The Hall–Kier alpha value is -1.31. The van der Waals surface area contributed by atoms with Crippen LogP contribution in [0.3, 0.4) is 0 Å². The molecule has 0 radical (unpaired) electrons. The van der Waals surface area contributed by atoms with Crippen molar-refractivity contribution >= 4 is 5.71 Å². The van der Waals surface area contributed by atoms with Crippen LogP contribution in [-0.4, -0.2) is 5.71 Å². The number of nitrogens with two attached hydrogens (primary N) is 1. The summed E-state index contributed by atoms with van der Waals surface area (Å²) < 4.78 is 0. The molecule has 1 unspecified atom stereocenters. The molecule has 1 aliphatic carbocycles. The molecule has 0 saturated heterocycles. The molecule has 1 atom stereocenters. The van der Waals surface area contributed by atoms with Crippen molar-refractivity contribution in [3.05, 3.63) is 35.9 Å². The maximum absolute atomic E-state index is 5.25. The van der Waals surface area contributed by atoms with E-state index in [1.165, 1.54) is 12.0 Å². The third kappa shape index (κ3) is 1.09. The van der Waals surface area contributed by atoms with Crippen molar-refractivity contribution < 1.29 is 0 Å². The largest absolute Gasteiger partial charge is 0.323 e. The first-order valence-corrected chi connectivity index (χ1v) is 4.23. The van der Waals surface area contributed by atoms with Crippen LogP contribution in [0.2, 0.25) is 0 Å². The van der Waals surface area contributed by atoms with Crippen LogP contribution in [-0.2, 0) is 0 Å². The van der Waals surface area contributed by atoms with Crippen LogP contribution in [0.5, 0.6) is 0 Å². The molecule has 0 spiro atoms. The molecule has 1 saturated carbocycles. The first-order valence-electron chi connectivity index (χ1n) is 4.23. The standard InChI is InChI=1S/C10H12N2/c11-12-10-7-6-9(10)8-4-2-1-3-5-8/h1-5,9H,6-7,11H2/b12-10-. The van der Waals surface area contributed by atoms with E-state index >= 15 is 0 Å². The topological polar surface area (TPSA) is 38.4 Å². The Morgan fingerprint density at radius 3 is 2.50 bits per heavy atom. The lowest BCUT2D eigenvalue weighted by molar-refractivity contribution is 0.686. The lowest BCUT2D eigenvalue weighted by Gasteiger charge is -2.27. The number of rotatable bonds is 1. The molecule has 1 fully saturated rings. The molecule has 1 aromatic rings. The first kappa shape index (κ1) is 7.35. The average molecular weight is 160 g/mol. The van der Waals surface area contributed by atoms with Gasteiger partial charge in [0, 0.05) is 11.6 Å². The predicted molar refractivity (Wildman–Crippen MR) is 50.0 cm³/mol. The molecule has 1 aliphatic rings. The van der Waals surface area contributed by atoms with Crippen molar-refractivity contribution in [1.82, 2.24) is 0 Å². The summed E-state index contributed by atoms with van der Waals surface area (Å²) in [6, 6.07) is 10.4. The Morgan fingerprint density at radius 2 is 2.00 bits per heavy atom. The zero-order valence-electron chi connectivity index (χ0n) is 6.90. The summed E-state index contributed by atoms with van der Waals surface area (Å²) >= 11 is 0. The van der Waals surface area contributed by atoms with Gasteiger partial charge in [0.1, 0.15) is 0 Å². The van der Waals surface area contributed by atoms with E-state index in [0.29, 0.717) is 5.92 Å². The third-order valence-electron chi connectivity index (χ3n) is 2.46. The van der Waals surface area contributed by atoms with Crippen LogP contribution >= 0.6 is 0 Å². The molecular weight excluding hydrogens is 148 g/mol. The highest BCUT2D eigenvalue weighted by Gasteiger charge is 2.26. The maximum Gasteiger partial charge on any atom is 0.0451 e. The molecule has 62 valence electrons. The van der Waals surface area contributed by atoms with Crippen molar-refractivity contribution in [2.24, 2.45) is 10.9 Å². The molecule has 0 amide bonds. The normalized spacial score (nSPS) is 25.3. The lowest BCUT2D eigenvalue weighted by atomic mass is 9.78. The van der Waals surface area contributed by atoms with E-state index in [2.05, 4.69) is 29.4 Å². The number of hydrazone groups is 1. The van der Waals surface area contributed by atoms with E-state index in [4.69, 9.17) is 5.84 Å². The number of hydrogen-bond donors (Lipinski definition) is 1. The van der Waals surface area contributed by atoms with Gasteiger partial charge >= 0.3 is 0 Å². The minimum Gasteiger partial charge on any atom is -0.323 e. The Bertz CT molecular complexity index is 290. The number of hydrogen-bond acceptors (Lipinski definition) is 2. The van der Waals surface area contributed by atoms with Gasteiger partial charge in [0.2, 0.25) is 0 Å². The lowest BCUT2D eigenvalue weighted by Crippen LogP contribution is -2.24. The van der Waals surface area contributed by atoms with Crippen molar-refractivity contribution in [2.75, 3.05) is 0 Å². The fourth-order valence-electron chi connectivity index (χ4n) is 1.62. The van der Waals surface area contributed by atoms with Crippen LogP contribution < -0.4 is 5.84 Å². The Kier molecular flexibility index (Phi) is 1.82. The van der Waals surface area contributed by atoms with Gasteiger partial charge < -0.3 is 5.84 Å². The molecular formula is C10H12N2. The Labute approximate surface area is 72.1 Å². The molecule has 2 rings (SSSR count). The van der Waals surface area contributed by atoms with Gasteiger partial charge in [-0.1, -0.05) is 30.3 Å². The first-order chi connectivity index (χ1) is 5.92. The van der Waals surface area contributed by atoms with Crippen LogP contribution in [0.15, 0.2) is 35.4 Å². The maximum atomic E-state index is 5.25. The highest BCUT2D eigenvalue weighted by Crippen LogP contribution is 2.33. The van der Waals surface area contributed by atoms with Gasteiger partial charge in [-0.2, -0.15) is 5.10 Å². The van der Waals surface area contributed by atoms with E-state index in [9.17, 15) is 0 Å². The van der Waals surface area contributed by atoms with E-state index in [0.717, 1.165) is 12.1 Å². The molecule has 12 heavy (non-hydrogen) atoms. The summed E-state index contributed by atoms with van der Waals surface area (Å²) in [5, 5.41) is 3.77. The molecule has 0 aromatic heterocycles. The molecule has 2 nitrogen and oxygen atoms in total. The molecule has 2 heteroatoms. The second-order valence-corrected chi connectivity index (χ2v) is 3.12. The number of benzene rings is 1. The van der Waals surface area contributed by atoms with E-state index in [-0.39, 0.29) is 0 Å². The quantitative estimate of drug-likeness (QED) is 0.494. The van der Waals surface area contributed by atoms with Gasteiger partial charge in [-0.05, 0) is 18.4 Å². The minimum atomic E-state index is 0.496. The summed E-state index contributed by atoms with van der Waals surface area (Å²) in [5.74, 6) is 5.75. The van der Waals surface area contributed by atoms with Gasteiger partial charge in [0.25, 0.3) is 0 Å². The Balaban J connectivity index is 2.22. The summed E-state index contributed by atoms with van der Waals surface area (Å²) in [6.07, 6.45) is 2.26. The van der Waals surface area contributed by atoms with Crippen molar-refractivity contribution in [3.8, 4) is 0 Å². The van der Waals surface area contributed by atoms with Gasteiger partial charge in [0.15, 0.2) is 0 Å². The van der Waals surface area contributed by atoms with E-state index in [1.54, 1.807) is 0 Å². The monoisotopic (exact) mass is 160 g/mol. The van der Waals surface area contributed by atoms with Gasteiger partial charge in [-0.15, -0.1) is 0 Å². The van der Waals surface area contributed by atoms with Crippen LogP contribution in [0.1, 0.15) is 24.3 Å². The SMILES string of the molecule is N/N=C1/CCC1c1ccccc1. The third-order valence-corrected chi connectivity index (χ3v) is 2.46. The van der Waals surface area contributed by atoms with Crippen LogP contribution in [0.4, 0.5) is 0 Å². The second-order valence-electron chi connectivity index (χ2n) is 3.12. The number of nitrogens with zero attached hydrogens (tertiary/aromatic N) is 1. The Morgan fingerprint density at radius 1 is 1.25 bits per heavy atom. The van der Waals surface area contributed by atoms with E-state index < -0.39 is 0 Å². The van der Waals surface area contributed by atoms with Gasteiger partial charge in [0.05, 0.1) is 0 Å². The zero-order chi connectivity index (χ0) is 8.39. The highest BCUT2D eigenvalue weighted by atomic mass is 15.1. The molecule has 0 aliphatic heterocycles. The van der Waals surface area contributed by atoms with Crippen LogP contribution in [0, 0.1) is 0 Å². The predicted octanol–water partition coefficient (Wildman–Crippen LogP) is 1.88. The summed E-state index contributed by atoms with van der Waals surface area (Å²) in [6.45, 7) is 0. The minimum absolute atomic E-state index is 0.496. The summed E-state index contributed by atoms with van der Waals surface area (Å²) in [5.41, 5.74) is 2.48. The second kappa shape index (κ2) is 2.97.